The molecule has 118 valence electrons. The maximum Gasteiger partial charge on any atom is 0.261 e. The molecule has 2 N–H and O–H groups in total. The van der Waals surface area contributed by atoms with Crippen LogP contribution >= 0.6 is 11.3 Å². The average molecular weight is 312 g/mol. The van der Waals surface area contributed by atoms with Crippen molar-refractivity contribution in [1.82, 2.24) is 10.2 Å². The molecule has 0 bridgehead atoms. The molecule has 2 amide bonds. The van der Waals surface area contributed by atoms with Crippen LogP contribution in [-0.4, -0.2) is 47.1 Å². The third-order valence-electron chi connectivity index (χ3n) is 2.91. The summed E-state index contributed by atoms with van der Waals surface area (Å²) in [5.74, 6) is -0.0914. The van der Waals surface area contributed by atoms with Gasteiger partial charge >= 0.3 is 0 Å². The summed E-state index contributed by atoms with van der Waals surface area (Å²) in [5.41, 5.74) is -0.890. The monoisotopic (exact) mass is 312 g/mol. The zero-order valence-electron chi connectivity index (χ0n) is 12.9. The minimum Gasteiger partial charge on any atom is -0.389 e. The lowest BCUT2D eigenvalue weighted by atomic mass is 10.1. The highest BCUT2D eigenvalue weighted by molar-refractivity contribution is 7.12. The van der Waals surface area contributed by atoms with Crippen LogP contribution in [0.25, 0.3) is 0 Å². The molecule has 0 aliphatic rings. The Morgan fingerprint density at radius 3 is 2.67 bits per heavy atom. The summed E-state index contributed by atoms with van der Waals surface area (Å²) in [7, 11) is 0. The molecule has 0 spiro atoms. The van der Waals surface area contributed by atoms with Gasteiger partial charge in [0.2, 0.25) is 5.91 Å². The Morgan fingerprint density at radius 1 is 1.43 bits per heavy atom. The molecule has 1 aromatic rings. The Morgan fingerprint density at radius 2 is 2.14 bits per heavy atom. The molecule has 0 unspecified atom stereocenters. The Hall–Kier alpha value is -1.40. The number of rotatable bonds is 8. The van der Waals surface area contributed by atoms with Crippen LogP contribution in [0, 0.1) is 0 Å². The van der Waals surface area contributed by atoms with Gasteiger partial charge < -0.3 is 15.3 Å². The van der Waals surface area contributed by atoms with E-state index < -0.39 is 5.60 Å². The quantitative estimate of drug-likeness (QED) is 0.720. The molecule has 0 radical (unpaired) electrons. The maximum atomic E-state index is 12.0. The van der Waals surface area contributed by atoms with E-state index in [2.05, 4.69) is 5.32 Å². The predicted molar refractivity (Wildman–Crippen MR) is 84.4 cm³/mol. The number of thiophene rings is 1. The van der Waals surface area contributed by atoms with Gasteiger partial charge in [0.05, 0.1) is 10.5 Å². The Labute approximate surface area is 130 Å². The molecular formula is C15H24N2O3S. The molecule has 1 heterocycles. The molecule has 21 heavy (non-hydrogen) atoms. The SMILES string of the molecule is CCN(CC(C)(C)O)C(=O)CCCNC(=O)c1cccs1. The highest BCUT2D eigenvalue weighted by atomic mass is 32.1. The van der Waals surface area contributed by atoms with E-state index in [0.717, 1.165) is 0 Å². The first-order chi connectivity index (χ1) is 9.83. The van der Waals surface area contributed by atoms with Crippen molar-refractivity contribution in [2.45, 2.75) is 39.2 Å². The largest absolute Gasteiger partial charge is 0.389 e. The van der Waals surface area contributed by atoms with Gasteiger partial charge in [-0.15, -0.1) is 11.3 Å². The highest BCUT2D eigenvalue weighted by Gasteiger charge is 2.20. The van der Waals surface area contributed by atoms with E-state index in [1.807, 2.05) is 18.4 Å². The van der Waals surface area contributed by atoms with Crippen molar-refractivity contribution >= 4 is 23.2 Å². The molecule has 1 rings (SSSR count). The normalized spacial score (nSPS) is 11.2. The van der Waals surface area contributed by atoms with E-state index in [0.29, 0.717) is 37.4 Å². The number of hydrogen-bond acceptors (Lipinski definition) is 4. The number of aliphatic hydroxyl groups is 1. The minimum atomic E-state index is -0.890. The molecule has 0 aliphatic heterocycles. The lowest BCUT2D eigenvalue weighted by Crippen LogP contribution is -2.42. The average Bonchev–Trinajstić information content (AvgIpc) is 2.93. The van der Waals surface area contributed by atoms with Gasteiger partial charge in [0.15, 0.2) is 0 Å². The summed E-state index contributed by atoms with van der Waals surface area (Å²) in [4.78, 5) is 26.0. The summed E-state index contributed by atoms with van der Waals surface area (Å²) >= 11 is 1.40. The minimum absolute atomic E-state index is 0.00463. The fourth-order valence-corrected chi connectivity index (χ4v) is 2.58. The van der Waals surface area contributed by atoms with Gasteiger partial charge in [-0.2, -0.15) is 0 Å². The maximum absolute atomic E-state index is 12.0. The van der Waals surface area contributed by atoms with Gasteiger partial charge in [0.1, 0.15) is 0 Å². The highest BCUT2D eigenvalue weighted by Crippen LogP contribution is 2.09. The van der Waals surface area contributed by atoms with Crippen LogP contribution in [0.15, 0.2) is 17.5 Å². The smallest absolute Gasteiger partial charge is 0.261 e. The van der Waals surface area contributed by atoms with Crippen LogP contribution in [-0.2, 0) is 4.79 Å². The first kappa shape index (κ1) is 17.7. The summed E-state index contributed by atoms with van der Waals surface area (Å²) in [5, 5.41) is 14.4. The second-order valence-electron chi connectivity index (χ2n) is 5.56. The summed E-state index contributed by atoms with van der Waals surface area (Å²) < 4.78 is 0. The van der Waals surface area contributed by atoms with Gasteiger partial charge in [0.25, 0.3) is 5.91 Å². The number of carbonyl (C=O) groups excluding carboxylic acids is 2. The fourth-order valence-electron chi connectivity index (χ4n) is 1.94. The molecule has 5 nitrogen and oxygen atoms in total. The van der Waals surface area contributed by atoms with Gasteiger partial charge in [-0.1, -0.05) is 6.07 Å². The number of hydrogen-bond donors (Lipinski definition) is 2. The van der Waals surface area contributed by atoms with Crippen LogP contribution in [0.4, 0.5) is 0 Å². The van der Waals surface area contributed by atoms with Gasteiger partial charge in [-0.05, 0) is 38.6 Å². The Balaban J connectivity index is 2.28. The van der Waals surface area contributed by atoms with E-state index in [4.69, 9.17) is 0 Å². The molecule has 1 aromatic heterocycles. The van der Waals surface area contributed by atoms with E-state index in [1.165, 1.54) is 11.3 Å². The van der Waals surface area contributed by atoms with E-state index in [9.17, 15) is 14.7 Å². The molecule has 0 saturated heterocycles. The molecule has 0 saturated carbocycles. The van der Waals surface area contributed by atoms with Crippen molar-refractivity contribution < 1.29 is 14.7 Å². The van der Waals surface area contributed by atoms with Gasteiger partial charge in [-0.25, -0.2) is 0 Å². The third-order valence-corrected chi connectivity index (χ3v) is 3.78. The van der Waals surface area contributed by atoms with Crippen LogP contribution in [0.3, 0.4) is 0 Å². The van der Waals surface area contributed by atoms with Crippen molar-refractivity contribution in [3.63, 3.8) is 0 Å². The number of carbonyl (C=O) groups is 2. The summed E-state index contributed by atoms with van der Waals surface area (Å²) in [6, 6.07) is 3.60. The summed E-state index contributed by atoms with van der Waals surface area (Å²) in [6.45, 7) is 6.63. The first-order valence-corrected chi connectivity index (χ1v) is 8.03. The molecule has 0 aliphatic carbocycles. The van der Waals surface area contributed by atoms with E-state index in [-0.39, 0.29) is 11.8 Å². The zero-order chi connectivity index (χ0) is 15.9. The molecule has 0 atom stereocenters. The number of nitrogens with zero attached hydrogens (tertiary/aromatic N) is 1. The lowest BCUT2D eigenvalue weighted by molar-refractivity contribution is -0.134. The lowest BCUT2D eigenvalue weighted by Gasteiger charge is -2.28. The summed E-state index contributed by atoms with van der Waals surface area (Å²) in [6.07, 6.45) is 0.965. The number of likely N-dealkylation sites (N-methyl/N-ethyl adjacent to an activating group) is 1. The molecule has 6 heteroatoms. The van der Waals surface area contributed by atoms with Crippen LogP contribution < -0.4 is 5.32 Å². The Bertz CT molecular complexity index is 452. The Kier molecular flexibility index (Phi) is 6.84. The molecular weight excluding hydrogens is 288 g/mol. The second kappa shape index (κ2) is 8.14. The second-order valence-corrected chi connectivity index (χ2v) is 6.50. The standard InChI is InChI=1S/C15H24N2O3S/c1-4-17(11-15(2,3)20)13(18)8-5-9-16-14(19)12-7-6-10-21-12/h6-7,10,20H,4-5,8-9,11H2,1-3H3,(H,16,19). The van der Waals surface area contributed by atoms with Crippen molar-refractivity contribution in [1.29, 1.82) is 0 Å². The topological polar surface area (TPSA) is 69.6 Å². The van der Waals surface area contributed by atoms with E-state index >= 15 is 0 Å². The molecule has 0 fully saturated rings. The zero-order valence-corrected chi connectivity index (χ0v) is 13.7. The van der Waals surface area contributed by atoms with Gasteiger partial charge in [-0.3, -0.25) is 9.59 Å². The van der Waals surface area contributed by atoms with Crippen molar-refractivity contribution in [3.05, 3.63) is 22.4 Å². The van der Waals surface area contributed by atoms with Gasteiger partial charge in [0, 0.05) is 26.1 Å². The van der Waals surface area contributed by atoms with Crippen LogP contribution in [0.5, 0.6) is 0 Å². The number of amides is 2. The van der Waals surface area contributed by atoms with Crippen molar-refractivity contribution in [2.75, 3.05) is 19.6 Å². The predicted octanol–water partition coefficient (Wildman–Crippen LogP) is 1.88. The fraction of sp³-hybridized carbons (Fsp3) is 0.600. The van der Waals surface area contributed by atoms with Crippen molar-refractivity contribution in [2.24, 2.45) is 0 Å². The van der Waals surface area contributed by atoms with Crippen LogP contribution in [0.1, 0.15) is 43.3 Å². The van der Waals surface area contributed by atoms with E-state index in [1.54, 1.807) is 24.8 Å². The number of nitrogens with one attached hydrogen (secondary N) is 1. The third kappa shape index (κ3) is 6.73. The van der Waals surface area contributed by atoms with Crippen LogP contribution in [0.2, 0.25) is 0 Å². The first-order valence-electron chi connectivity index (χ1n) is 7.15. The molecule has 0 aromatic carbocycles. The van der Waals surface area contributed by atoms with Crippen molar-refractivity contribution in [3.8, 4) is 0 Å².